The van der Waals surface area contributed by atoms with Crippen LogP contribution in [0.15, 0.2) is 79.1 Å². The first-order valence-electron chi connectivity index (χ1n) is 7.91. The minimum atomic E-state index is -0.298. The van der Waals surface area contributed by atoms with Crippen LogP contribution in [-0.4, -0.2) is 10.9 Å². The average molecular weight is 332 g/mol. The van der Waals surface area contributed by atoms with Crippen molar-refractivity contribution in [3.63, 3.8) is 0 Å². The van der Waals surface area contributed by atoms with E-state index in [1.807, 2.05) is 36.4 Å². The van der Waals surface area contributed by atoms with E-state index in [2.05, 4.69) is 10.3 Å². The maximum atomic E-state index is 12.8. The predicted octanol–water partition coefficient (Wildman–Crippen LogP) is 4.46. The summed E-state index contributed by atoms with van der Waals surface area (Å²) in [5, 5.41) is 2.80. The van der Waals surface area contributed by atoms with Gasteiger partial charge in [-0.05, 0) is 65.6 Å². The second-order valence-electron chi connectivity index (χ2n) is 5.60. The Kier molecular flexibility index (Phi) is 5.32. The van der Waals surface area contributed by atoms with E-state index in [-0.39, 0.29) is 11.7 Å². The third kappa shape index (κ3) is 5.11. The summed E-state index contributed by atoms with van der Waals surface area (Å²) in [5.41, 5.74) is 3.84. The molecule has 0 unspecified atom stereocenters. The second kappa shape index (κ2) is 8.02. The number of rotatable bonds is 5. The molecule has 4 heteroatoms. The van der Waals surface area contributed by atoms with Crippen molar-refractivity contribution in [2.24, 2.45) is 0 Å². The van der Waals surface area contributed by atoms with Crippen molar-refractivity contribution < 1.29 is 9.18 Å². The molecule has 3 aromatic rings. The number of hydrogen-bond acceptors (Lipinski definition) is 2. The average Bonchev–Trinajstić information content (AvgIpc) is 2.64. The van der Waals surface area contributed by atoms with E-state index >= 15 is 0 Å². The van der Waals surface area contributed by atoms with Gasteiger partial charge in [0.25, 0.3) is 0 Å². The highest BCUT2D eigenvalue weighted by molar-refractivity contribution is 6.01. The lowest BCUT2D eigenvalue weighted by molar-refractivity contribution is -0.111. The van der Waals surface area contributed by atoms with E-state index in [0.29, 0.717) is 0 Å². The van der Waals surface area contributed by atoms with E-state index in [4.69, 9.17) is 0 Å². The zero-order valence-corrected chi connectivity index (χ0v) is 13.5. The molecule has 0 saturated heterocycles. The van der Waals surface area contributed by atoms with Gasteiger partial charge in [0.2, 0.25) is 5.91 Å². The van der Waals surface area contributed by atoms with Crippen LogP contribution in [0.3, 0.4) is 0 Å². The van der Waals surface area contributed by atoms with Gasteiger partial charge >= 0.3 is 0 Å². The number of amides is 1. The molecule has 0 bridgehead atoms. The SMILES string of the molecule is O=C(/C=C/c1ccc(F)cc1)Nc1ccc(Cc2ccncc2)cc1. The molecular formula is C21H17FN2O. The maximum absolute atomic E-state index is 12.8. The van der Waals surface area contributed by atoms with Crippen LogP contribution in [0.2, 0.25) is 0 Å². The second-order valence-corrected chi connectivity index (χ2v) is 5.60. The summed E-state index contributed by atoms with van der Waals surface area (Å²) in [5.74, 6) is -0.528. The van der Waals surface area contributed by atoms with Gasteiger partial charge in [0, 0.05) is 24.2 Å². The lowest BCUT2D eigenvalue weighted by Gasteiger charge is -2.05. The number of hydrogen-bond donors (Lipinski definition) is 1. The van der Waals surface area contributed by atoms with Crippen molar-refractivity contribution in [2.45, 2.75) is 6.42 Å². The summed E-state index contributed by atoms with van der Waals surface area (Å²) >= 11 is 0. The molecule has 124 valence electrons. The number of halogens is 1. The zero-order valence-electron chi connectivity index (χ0n) is 13.5. The highest BCUT2D eigenvalue weighted by Gasteiger charge is 2.00. The van der Waals surface area contributed by atoms with Crippen LogP contribution in [0, 0.1) is 5.82 Å². The van der Waals surface area contributed by atoms with Crippen LogP contribution < -0.4 is 5.32 Å². The van der Waals surface area contributed by atoms with Gasteiger partial charge in [-0.2, -0.15) is 0 Å². The molecule has 2 aromatic carbocycles. The van der Waals surface area contributed by atoms with E-state index < -0.39 is 0 Å². The van der Waals surface area contributed by atoms with Crippen LogP contribution >= 0.6 is 0 Å². The number of pyridine rings is 1. The normalized spacial score (nSPS) is 10.8. The van der Waals surface area contributed by atoms with Crippen LogP contribution in [0.25, 0.3) is 6.08 Å². The number of nitrogens with zero attached hydrogens (tertiary/aromatic N) is 1. The number of aromatic nitrogens is 1. The fourth-order valence-electron chi connectivity index (χ4n) is 2.37. The van der Waals surface area contributed by atoms with E-state index in [1.54, 1.807) is 30.6 Å². The molecule has 0 fully saturated rings. The smallest absolute Gasteiger partial charge is 0.248 e. The number of carbonyl (C=O) groups is 1. The van der Waals surface area contributed by atoms with Gasteiger partial charge in [-0.25, -0.2) is 4.39 Å². The fraction of sp³-hybridized carbons (Fsp3) is 0.0476. The molecule has 0 aliphatic heterocycles. The maximum Gasteiger partial charge on any atom is 0.248 e. The summed E-state index contributed by atoms with van der Waals surface area (Å²) in [6.07, 6.45) is 7.45. The molecule has 1 N–H and O–H groups in total. The van der Waals surface area contributed by atoms with Crippen molar-refractivity contribution in [1.82, 2.24) is 4.98 Å². The first-order valence-corrected chi connectivity index (χ1v) is 7.91. The number of nitrogens with one attached hydrogen (secondary N) is 1. The summed E-state index contributed by atoms with van der Waals surface area (Å²) in [6.45, 7) is 0. The molecular weight excluding hydrogens is 315 g/mol. The van der Waals surface area contributed by atoms with Crippen LogP contribution in [0.4, 0.5) is 10.1 Å². The highest BCUT2D eigenvalue weighted by atomic mass is 19.1. The van der Waals surface area contributed by atoms with Crippen LogP contribution in [-0.2, 0) is 11.2 Å². The summed E-state index contributed by atoms with van der Waals surface area (Å²) in [6, 6.07) is 17.6. The van der Waals surface area contributed by atoms with Crippen molar-refractivity contribution >= 4 is 17.7 Å². The minimum Gasteiger partial charge on any atom is -0.323 e. The van der Waals surface area contributed by atoms with Gasteiger partial charge in [0.05, 0.1) is 0 Å². The standard InChI is InChI=1S/C21H17FN2O/c22-19-6-1-16(2-7-19)5-10-21(25)24-20-8-3-17(4-9-20)15-18-11-13-23-14-12-18/h1-14H,15H2,(H,24,25)/b10-5+. The van der Waals surface area contributed by atoms with Gasteiger partial charge in [-0.15, -0.1) is 0 Å². The Bertz CT molecular complexity index is 857. The quantitative estimate of drug-likeness (QED) is 0.701. The minimum absolute atomic E-state index is 0.230. The lowest BCUT2D eigenvalue weighted by atomic mass is 10.1. The van der Waals surface area contributed by atoms with Gasteiger partial charge < -0.3 is 5.32 Å². The Morgan fingerprint density at radius 3 is 2.24 bits per heavy atom. The van der Waals surface area contributed by atoms with Crippen LogP contribution in [0.1, 0.15) is 16.7 Å². The molecule has 1 heterocycles. The molecule has 3 nitrogen and oxygen atoms in total. The Morgan fingerprint density at radius 1 is 0.920 bits per heavy atom. The van der Waals surface area contributed by atoms with Gasteiger partial charge in [-0.3, -0.25) is 9.78 Å². The molecule has 0 radical (unpaired) electrons. The number of carbonyl (C=O) groups excluding carboxylic acids is 1. The van der Waals surface area contributed by atoms with Crippen molar-refractivity contribution in [2.75, 3.05) is 5.32 Å². The molecule has 0 aliphatic rings. The van der Waals surface area contributed by atoms with Crippen molar-refractivity contribution in [1.29, 1.82) is 0 Å². The van der Waals surface area contributed by atoms with E-state index in [0.717, 1.165) is 23.2 Å². The molecule has 0 saturated carbocycles. The third-order valence-corrected chi connectivity index (χ3v) is 3.68. The zero-order chi connectivity index (χ0) is 17.5. The van der Waals surface area contributed by atoms with Crippen LogP contribution in [0.5, 0.6) is 0 Å². The fourth-order valence-corrected chi connectivity index (χ4v) is 2.37. The molecule has 0 aliphatic carbocycles. The van der Waals surface area contributed by atoms with Gasteiger partial charge in [-0.1, -0.05) is 24.3 Å². The van der Waals surface area contributed by atoms with Gasteiger partial charge in [0.15, 0.2) is 0 Å². The molecule has 25 heavy (non-hydrogen) atoms. The van der Waals surface area contributed by atoms with E-state index in [9.17, 15) is 9.18 Å². The Morgan fingerprint density at radius 2 is 1.56 bits per heavy atom. The molecule has 1 amide bonds. The highest BCUT2D eigenvalue weighted by Crippen LogP contribution is 2.13. The summed E-state index contributed by atoms with van der Waals surface area (Å²) in [7, 11) is 0. The molecule has 3 rings (SSSR count). The van der Waals surface area contributed by atoms with Crippen molar-refractivity contribution in [3.8, 4) is 0 Å². The Balaban J connectivity index is 1.57. The first-order chi connectivity index (χ1) is 12.2. The summed E-state index contributed by atoms with van der Waals surface area (Å²) in [4.78, 5) is 16.0. The molecule has 1 aromatic heterocycles. The molecule has 0 atom stereocenters. The Labute approximate surface area is 145 Å². The number of anilines is 1. The largest absolute Gasteiger partial charge is 0.323 e. The van der Waals surface area contributed by atoms with Gasteiger partial charge in [0.1, 0.15) is 5.82 Å². The topological polar surface area (TPSA) is 42.0 Å². The Hall–Kier alpha value is -3.27. The third-order valence-electron chi connectivity index (χ3n) is 3.68. The van der Waals surface area contributed by atoms with Crippen molar-refractivity contribution in [3.05, 3.63) is 102 Å². The van der Waals surface area contributed by atoms with E-state index in [1.165, 1.54) is 23.8 Å². The predicted molar refractivity (Wildman–Crippen MR) is 97.5 cm³/mol. The molecule has 0 spiro atoms. The summed E-state index contributed by atoms with van der Waals surface area (Å²) < 4.78 is 12.8. The number of benzene rings is 2. The monoisotopic (exact) mass is 332 g/mol. The first kappa shape index (κ1) is 16.6. The lowest BCUT2D eigenvalue weighted by Crippen LogP contribution is -2.07.